The Hall–Kier alpha value is -1.88. The van der Waals surface area contributed by atoms with Crippen molar-refractivity contribution >= 4 is 17.5 Å². The molecule has 0 radical (unpaired) electrons. The minimum absolute atomic E-state index is 0.0590. The van der Waals surface area contributed by atoms with Crippen molar-refractivity contribution in [2.24, 2.45) is 5.92 Å². The van der Waals surface area contributed by atoms with Crippen LogP contribution in [0.2, 0.25) is 5.02 Å². The van der Waals surface area contributed by atoms with Crippen molar-refractivity contribution in [3.63, 3.8) is 0 Å². The molecule has 3 heterocycles. The lowest BCUT2D eigenvalue weighted by Gasteiger charge is -2.28. The van der Waals surface area contributed by atoms with E-state index in [1.54, 1.807) is 17.2 Å². The minimum Gasteiger partial charge on any atom is -0.341 e. The zero-order valence-electron chi connectivity index (χ0n) is 11.9. The van der Waals surface area contributed by atoms with E-state index in [2.05, 4.69) is 14.5 Å². The smallest absolute Gasteiger partial charge is 0.255 e. The highest BCUT2D eigenvalue weighted by Crippen LogP contribution is 2.21. The predicted molar refractivity (Wildman–Crippen MR) is 80.2 cm³/mol. The maximum atomic E-state index is 12.4. The summed E-state index contributed by atoms with van der Waals surface area (Å²) in [4.78, 5) is 22.4. The molecule has 2 aromatic rings. The standard InChI is InChI=1S/C15H17ClN4O/c1-19(15(21)12-2-4-17-9-13(12)16)10-11-3-6-20-7-5-18-14(20)8-11/h2,4-5,7,9,11H,3,6,8,10H2,1H3/t11-/m1/s1. The molecule has 0 saturated heterocycles. The molecule has 3 rings (SSSR count). The van der Waals surface area contributed by atoms with E-state index in [-0.39, 0.29) is 5.91 Å². The van der Waals surface area contributed by atoms with Gasteiger partial charge in [0.1, 0.15) is 5.82 Å². The molecule has 6 heteroatoms. The molecule has 1 aliphatic rings. The minimum atomic E-state index is -0.0590. The Morgan fingerprint density at radius 1 is 1.52 bits per heavy atom. The van der Waals surface area contributed by atoms with Crippen molar-refractivity contribution in [1.82, 2.24) is 19.4 Å². The molecule has 21 heavy (non-hydrogen) atoms. The monoisotopic (exact) mass is 304 g/mol. The number of hydrogen-bond donors (Lipinski definition) is 0. The fourth-order valence-corrected chi connectivity index (χ4v) is 3.00. The molecule has 1 aliphatic heterocycles. The third-order valence-electron chi connectivity index (χ3n) is 3.93. The fraction of sp³-hybridized carbons (Fsp3) is 0.400. The number of hydrogen-bond acceptors (Lipinski definition) is 3. The van der Waals surface area contributed by atoms with Crippen molar-refractivity contribution in [3.05, 3.63) is 47.3 Å². The number of aromatic nitrogens is 3. The van der Waals surface area contributed by atoms with Gasteiger partial charge in [0.05, 0.1) is 10.6 Å². The van der Waals surface area contributed by atoms with Gasteiger partial charge in [-0.2, -0.15) is 0 Å². The number of carbonyl (C=O) groups excluding carboxylic acids is 1. The summed E-state index contributed by atoms with van der Waals surface area (Å²) in [6.07, 6.45) is 8.91. The molecule has 1 amide bonds. The van der Waals surface area contributed by atoms with Crippen LogP contribution in [0.1, 0.15) is 22.6 Å². The quantitative estimate of drug-likeness (QED) is 0.874. The van der Waals surface area contributed by atoms with Gasteiger partial charge in [-0.05, 0) is 18.4 Å². The van der Waals surface area contributed by atoms with Gasteiger partial charge in [-0.3, -0.25) is 9.78 Å². The van der Waals surface area contributed by atoms with E-state index in [1.807, 2.05) is 19.4 Å². The lowest BCUT2D eigenvalue weighted by Crippen LogP contribution is -2.35. The lowest BCUT2D eigenvalue weighted by molar-refractivity contribution is 0.0764. The highest BCUT2D eigenvalue weighted by Gasteiger charge is 2.23. The molecule has 0 aromatic carbocycles. The maximum Gasteiger partial charge on any atom is 0.255 e. The van der Waals surface area contributed by atoms with E-state index in [0.29, 0.717) is 23.0 Å². The number of carbonyl (C=O) groups is 1. The first-order valence-corrected chi connectivity index (χ1v) is 7.38. The summed E-state index contributed by atoms with van der Waals surface area (Å²) in [5, 5.41) is 0.397. The Labute approximate surface area is 128 Å². The van der Waals surface area contributed by atoms with Crippen LogP contribution in [-0.2, 0) is 13.0 Å². The Morgan fingerprint density at radius 3 is 3.19 bits per heavy atom. The normalized spacial score (nSPS) is 17.3. The van der Waals surface area contributed by atoms with Crippen molar-refractivity contribution in [2.75, 3.05) is 13.6 Å². The summed E-state index contributed by atoms with van der Waals surface area (Å²) in [5.74, 6) is 1.49. The lowest BCUT2D eigenvalue weighted by atomic mass is 9.97. The average Bonchev–Trinajstić information content (AvgIpc) is 2.94. The van der Waals surface area contributed by atoms with E-state index in [4.69, 9.17) is 11.6 Å². The summed E-state index contributed by atoms with van der Waals surface area (Å²) in [6, 6.07) is 1.66. The first kappa shape index (κ1) is 14.1. The van der Waals surface area contributed by atoms with Gasteiger partial charge in [0, 0.05) is 51.3 Å². The zero-order chi connectivity index (χ0) is 14.8. The van der Waals surface area contributed by atoms with Crippen molar-refractivity contribution < 1.29 is 4.79 Å². The number of amides is 1. The van der Waals surface area contributed by atoms with Crippen LogP contribution in [0.25, 0.3) is 0 Å². The molecule has 5 nitrogen and oxygen atoms in total. The van der Waals surface area contributed by atoms with Gasteiger partial charge in [0.15, 0.2) is 0 Å². The number of rotatable bonds is 3. The van der Waals surface area contributed by atoms with E-state index in [9.17, 15) is 4.79 Å². The van der Waals surface area contributed by atoms with Crippen molar-refractivity contribution in [3.8, 4) is 0 Å². The summed E-state index contributed by atoms with van der Waals surface area (Å²) in [6.45, 7) is 1.68. The molecule has 0 unspecified atom stereocenters. The predicted octanol–water partition coefficient (Wildman–Crippen LogP) is 2.27. The van der Waals surface area contributed by atoms with Crippen LogP contribution in [-0.4, -0.2) is 38.9 Å². The van der Waals surface area contributed by atoms with Crippen LogP contribution in [0, 0.1) is 5.92 Å². The number of fused-ring (bicyclic) bond motifs is 1. The number of aryl methyl sites for hydroxylation is 1. The van der Waals surface area contributed by atoms with Crippen LogP contribution < -0.4 is 0 Å². The van der Waals surface area contributed by atoms with Crippen LogP contribution in [0.15, 0.2) is 30.9 Å². The van der Waals surface area contributed by atoms with E-state index in [0.717, 1.165) is 25.2 Å². The largest absolute Gasteiger partial charge is 0.341 e. The summed E-state index contributed by atoms with van der Waals surface area (Å²) in [7, 11) is 1.82. The van der Waals surface area contributed by atoms with Crippen LogP contribution in [0.5, 0.6) is 0 Å². The molecule has 0 aliphatic carbocycles. The average molecular weight is 305 g/mol. The van der Waals surface area contributed by atoms with Gasteiger partial charge >= 0.3 is 0 Å². The van der Waals surface area contributed by atoms with E-state index in [1.165, 1.54) is 6.20 Å². The SMILES string of the molecule is CN(C[C@@H]1CCn2ccnc2C1)C(=O)c1ccncc1Cl. The zero-order valence-corrected chi connectivity index (χ0v) is 12.6. The van der Waals surface area contributed by atoms with Gasteiger partial charge in [-0.25, -0.2) is 4.98 Å². The number of nitrogens with zero attached hydrogens (tertiary/aromatic N) is 4. The van der Waals surface area contributed by atoms with E-state index < -0.39 is 0 Å². The van der Waals surface area contributed by atoms with Crippen LogP contribution in [0.4, 0.5) is 0 Å². The van der Waals surface area contributed by atoms with Gasteiger partial charge < -0.3 is 9.47 Å². The second-order valence-corrected chi connectivity index (χ2v) is 5.84. The molecular weight excluding hydrogens is 288 g/mol. The second kappa shape index (κ2) is 5.85. The third kappa shape index (κ3) is 2.93. The highest BCUT2D eigenvalue weighted by atomic mass is 35.5. The second-order valence-electron chi connectivity index (χ2n) is 5.44. The van der Waals surface area contributed by atoms with E-state index >= 15 is 0 Å². The molecule has 0 bridgehead atoms. The first-order chi connectivity index (χ1) is 10.1. The van der Waals surface area contributed by atoms with Gasteiger partial charge in [0.25, 0.3) is 5.91 Å². The van der Waals surface area contributed by atoms with Crippen LogP contribution >= 0.6 is 11.6 Å². The molecule has 0 N–H and O–H groups in total. The molecule has 110 valence electrons. The summed E-state index contributed by atoms with van der Waals surface area (Å²) in [5.41, 5.74) is 0.506. The molecular formula is C15H17ClN4O. The van der Waals surface area contributed by atoms with Crippen LogP contribution in [0.3, 0.4) is 0 Å². The summed E-state index contributed by atoms with van der Waals surface area (Å²) < 4.78 is 2.18. The van der Waals surface area contributed by atoms with Gasteiger partial charge in [-0.1, -0.05) is 11.6 Å². The molecule has 2 aromatic heterocycles. The molecule has 0 fully saturated rings. The first-order valence-electron chi connectivity index (χ1n) is 7.00. The molecule has 0 spiro atoms. The third-order valence-corrected chi connectivity index (χ3v) is 4.23. The van der Waals surface area contributed by atoms with Crippen molar-refractivity contribution in [2.45, 2.75) is 19.4 Å². The Kier molecular flexibility index (Phi) is 3.92. The van der Waals surface area contributed by atoms with Gasteiger partial charge in [0.2, 0.25) is 0 Å². The number of halogens is 1. The maximum absolute atomic E-state index is 12.4. The van der Waals surface area contributed by atoms with Gasteiger partial charge in [-0.15, -0.1) is 0 Å². The topological polar surface area (TPSA) is 51.0 Å². The fourth-order valence-electron chi connectivity index (χ4n) is 2.80. The Morgan fingerprint density at radius 2 is 2.38 bits per heavy atom. The Bertz CT molecular complexity index is 655. The number of imidazole rings is 1. The van der Waals surface area contributed by atoms with Crippen molar-refractivity contribution in [1.29, 1.82) is 0 Å². The summed E-state index contributed by atoms with van der Waals surface area (Å²) >= 11 is 6.03. The molecule has 1 atom stereocenters. The highest BCUT2D eigenvalue weighted by molar-refractivity contribution is 6.33. The Balaban J connectivity index is 1.66. The number of pyridine rings is 1. The molecule has 0 saturated carbocycles.